The first-order valence-electron chi connectivity index (χ1n) is 5.46. The van der Waals surface area contributed by atoms with Crippen LogP contribution in [-0.4, -0.2) is 23.7 Å². The molecule has 0 aromatic carbocycles. The van der Waals surface area contributed by atoms with Crippen LogP contribution >= 0.6 is 0 Å². The summed E-state index contributed by atoms with van der Waals surface area (Å²) in [5.74, 6) is 0. The summed E-state index contributed by atoms with van der Waals surface area (Å²) in [4.78, 5) is 3.92. The van der Waals surface area contributed by atoms with Gasteiger partial charge in [0.05, 0.1) is 5.60 Å². The highest BCUT2D eigenvalue weighted by molar-refractivity contribution is 5.46. The smallest absolute Gasteiger partial charge is 0.142 e. The molecule has 1 aliphatic rings. The van der Waals surface area contributed by atoms with E-state index in [4.69, 9.17) is 10.00 Å². The monoisotopic (exact) mass is 217 g/mol. The van der Waals surface area contributed by atoms with E-state index in [1.807, 2.05) is 12.1 Å². The predicted octanol–water partition coefficient (Wildman–Crippen LogP) is 1.93. The third-order valence-corrected chi connectivity index (χ3v) is 2.84. The van der Waals surface area contributed by atoms with Gasteiger partial charge in [0.2, 0.25) is 0 Å². The van der Waals surface area contributed by atoms with Crippen molar-refractivity contribution in [1.82, 2.24) is 4.98 Å². The number of nitriles is 1. The summed E-state index contributed by atoms with van der Waals surface area (Å²) in [7, 11) is 0. The lowest BCUT2D eigenvalue weighted by Crippen LogP contribution is -2.32. The standard InChI is InChI=1S/C12H15N3O/c1-12(4-2-6-16-12)9-15-10-3-5-14-11(7-10)8-13/h3,5,7H,2,4,6,9H2,1H3,(H,14,15). The van der Waals surface area contributed by atoms with Gasteiger partial charge in [-0.05, 0) is 31.9 Å². The second-order valence-corrected chi connectivity index (χ2v) is 4.30. The van der Waals surface area contributed by atoms with Crippen LogP contribution in [0.4, 0.5) is 5.69 Å². The van der Waals surface area contributed by atoms with Gasteiger partial charge in [-0.25, -0.2) is 4.98 Å². The first kappa shape index (κ1) is 10.9. The third-order valence-electron chi connectivity index (χ3n) is 2.84. The predicted molar refractivity (Wildman–Crippen MR) is 61.0 cm³/mol. The number of hydrogen-bond acceptors (Lipinski definition) is 4. The van der Waals surface area contributed by atoms with Crippen molar-refractivity contribution < 1.29 is 4.74 Å². The molecule has 0 aliphatic carbocycles. The van der Waals surface area contributed by atoms with Gasteiger partial charge in [0.1, 0.15) is 11.8 Å². The number of hydrogen-bond donors (Lipinski definition) is 1. The molecule has 4 nitrogen and oxygen atoms in total. The number of rotatable bonds is 3. The Labute approximate surface area is 95.3 Å². The molecular formula is C12H15N3O. The van der Waals surface area contributed by atoms with E-state index < -0.39 is 0 Å². The summed E-state index contributed by atoms with van der Waals surface area (Å²) in [5, 5.41) is 12.0. The van der Waals surface area contributed by atoms with Crippen molar-refractivity contribution >= 4 is 5.69 Å². The molecule has 0 bridgehead atoms. The first-order valence-corrected chi connectivity index (χ1v) is 5.46. The van der Waals surface area contributed by atoms with Crippen LogP contribution in [0.1, 0.15) is 25.5 Å². The maximum atomic E-state index is 8.73. The molecule has 2 rings (SSSR count). The molecule has 0 amide bonds. The molecule has 0 saturated carbocycles. The number of ether oxygens (including phenoxy) is 1. The second-order valence-electron chi connectivity index (χ2n) is 4.30. The van der Waals surface area contributed by atoms with Crippen molar-refractivity contribution in [1.29, 1.82) is 5.26 Å². The number of pyridine rings is 1. The Kier molecular flexibility index (Phi) is 3.07. The van der Waals surface area contributed by atoms with Crippen LogP contribution in [-0.2, 0) is 4.74 Å². The van der Waals surface area contributed by atoms with E-state index in [-0.39, 0.29) is 5.60 Å². The van der Waals surface area contributed by atoms with Crippen LogP contribution in [0.5, 0.6) is 0 Å². The number of aromatic nitrogens is 1. The van der Waals surface area contributed by atoms with Crippen molar-refractivity contribution in [3.63, 3.8) is 0 Å². The fourth-order valence-corrected chi connectivity index (χ4v) is 1.87. The van der Waals surface area contributed by atoms with Crippen molar-refractivity contribution in [2.45, 2.75) is 25.4 Å². The number of nitrogens with zero attached hydrogens (tertiary/aromatic N) is 2. The molecular weight excluding hydrogens is 202 g/mol. The highest BCUT2D eigenvalue weighted by Gasteiger charge is 2.29. The molecule has 4 heteroatoms. The van der Waals surface area contributed by atoms with Crippen LogP contribution in [0.2, 0.25) is 0 Å². The average molecular weight is 217 g/mol. The molecule has 16 heavy (non-hydrogen) atoms. The van der Waals surface area contributed by atoms with Crippen molar-refractivity contribution in [2.75, 3.05) is 18.5 Å². The van der Waals surface area contributed by atoms with E-state index in [1.165, 1.54) is 0 Å². The molecule has 1 aliphatic heterocycles. The second kappa shape index (κ2) is 4.50. The zero-order valence-corrected chi connectivity index (χ0v) is 9.36. The van der Waals surface area contributed by atoms with Gasteiger partial charge in [-0.3, -0.25) is 0 Å². The summed E-state index contributed by atoms with van der Waals surface area (Å²) in [6.45, 7) is 3.72. The Balaban J connectivity index is 1.96. The van der Waals surface area contributed by atoms with Gasteiger partial charge in [-0.15, -0.1) is 0 Å². The molecule has 1 fully saturated rings. The fraction of sp³-hybridized carbons (Fsp3) is 0.500. The molecule has 0 radical (unpaired) electrons. The molecule has 2 heterocycles. The molecule has 0 spiro atoms. The maximum absolute atomic E-state index is 8.73. The van der Waals surface area contributed by atoms with Gasteiger partial charge in [-0.2, -0.15) is 5.26 Å². The van der Waals surface area contributed by atoms with E-state index >= 15 is 0 Å². The minimum atomic E-state index is -0.0733. The first-order chi connectivity index (χ1) is 7.72. The molecule has 1 aromatic heterocycles. The molecule has 1 aromatic rings. The molecule has 1 saturated heterocycles. The van der Waals surface area contributed by atoms with Gasteiger partial charge in [0.15, 0.2) is 0 Å². The lowest BCUT2D eigenvalue weighted by Gasteiger charge is -2.23. The van der Waals surface area contributed by atoms with E-state index in [2.05, 4.69) is 17.2 Å². The number of nitrogens with one attached hydrogen (secondary N) is 1. The summed E-state index contributed by atoms with van der Waals surface area (Å²) in [6.07, 6.45) is 3.84. The maximum Gasteiger partial charge on any atom is 0.142 e. The number of anilines is 1. The van der Waals surface area contributed by atoms with E-state index in [0.717, 1.165) is 31.7 Å². The van der Waals surface area contributed by atoms with Crippen LogP contribution in [0.25, 0.3) is 0 Å². The Morgan fingerprint density at radius 3 is 3.25 bits per heavy atom. The Morgan fingerprint density at radius 2 is 2.56 bits per heavy atom. The van der Waals surface area contributed by atoms with Crippen molar-refractivity contribution in [3.05, 3.63) is 24.0 Å². The van der Waals surface area contributed by atoms with Crippen LogP contribution in [0, 0.1) is 11.3 Å². The highest BCUT2D eigenvalue weighted by atomic mass is 16.5. The molecule has 84 valence electrons. The van der Waals surface area contributed by atoms with E-state index in [1.54, 1.807) is 12.3 Å². The summed E-state index contributed by atoms with van der Waals surface area (Å²) >= 11 is 0. The zero-order chi connectivity index (χ0) is 11.4. The Bertz CT molecular complexity index is 405. The van der Waals surface area contributed by atoms with E-state index in [0.29, 0.717) is 5.69 Å². The molecule has 1 unspecified atom stereocenters. The molecule has 1 N–H and O–H groups in total. The summed E-state index contributed by atoms with van der Waals surface area (Å²) in [5.41, 5.74) is 1.28. The van der Waals surface area contributed by atoms with Crippen LogP contribution < -0.4 is 5.32 Å². The topological polar surface area (TPSA) is 57.9 Å². The van der Waals surface area contributed by atoms with Gasteiger partial charge in [-0.1, -0.05) is 0 Å². The van der Waals surface area contributed by atoms with Gasteiger partial charge in [0.25, 0.3) is 0 Å². The van der Waals surface area contributed by atoms with Gasteiger partial charge in [0, 0.05) is 25.0 Å². The highest BCUT2D eigenvalue weighted by Crippen LogP contribution is 2.25. The lowest BCUT2D eigenvalue weighted by atomic mass is 10.0. The van der Waals surface area contributed by atoms with Gasteiger partial charge < -0.3 is 10.1 Å². The third kappa shape index (κ3) is 2.50. The van der Waals surface area contributed by atoms with Crippen LogP contribution in [0.3, 0.4) is 0 Å². The summed E-state index contributed by atoms with van der Waals surface area (Å²) < 4.78 is 5.68. The quantitative estimate of drug-likeness (QED) is 0.840. The fourth-order valence-electron chi connectivity index (χ4n) is 1.87. The zero-order valence-electron chi connectivity index (χ0n) is 9.36. The molecule has 1 atom stereocenters. The average Bonchev–Trinajstić information content (AvgIpc) is 2.75. The normalized spacial score (nSPS) is 24.0. The minimum absolute atomic E-state index is 0.0733. The Hall–Kier alpha value is -1.60. The Morgan fingerprint density at radius 1 is 1.69 bits per heavy atom. The van der Waals surface area contributed by atoms with E-state index in [9.17, 15) is 0 Å². The van der Waals surface area contributed by atoms with Gasteiger partial charge >= 0.3 is 0 Å². The largest absolute Gasteiger partial charge is 0.382 e. The van der Waals surface area contributed by atoms with Crippen molar-refractivity contribution in [3.8, 4) is 6.07 Å². The van der Waals surface area contributed by atoms with Crippen molar-refractivity contribution in [2.24, 2.45) is 0 Å². The minimum Gasteiger partial charge on any atom is -0.382 e. The lowest BCUT2D eigenvalue weighted by molar-refractivity contribution is 0.0315. The summed E-state index contributed by atoms with van der Waals surface area (Å²) in [6, 6.07) is 5.63. The SMILES string of the molecule is CC1(CNc2ccnc(C#N)c2)CCCO1. The van der Waals surface area contributed by atoms with Crippen LogP contribution in [0.15, 0.2) is 18.3 Å².